The number of carbonyl (C=O) groups excluding carboxylic acids is 1. The summed E-state index contributed by atoms with van der Waals surface area (Å²) in [5.74, 6) is 0.0289. The topological polar surface area (TPSA) is 26.3 Å². The molecule has 0 radical (unpaired) electrons. The largest absolute Gasteiger partial charge is 0.465 e. The molecule has 0 saturated carbocycles. The van der Waals surface area contributed by atoms with Crippen LogP contribution in [0.15, 0.2) is 0 Å². The van der Waals surface area contributed by atoms with Crippen LogP contribution >= 0.6 is 11.8 Å². The van der Waals surface area contributed by atoms with Gasteiger partial charge < -0.3 is 4.74 Å². The van der Waals surface area contributed by atoms with Crippen LogP contribution in [0.3, 0.4) is 0 Å². The van der Waals surface area contributed by atoms with Gasteiger partial charge in [-0.2, -0.15) is 13.2 Å². The van der Waals surface area contributed by atoms with E-state index in [2.05, 4.69) is 6.92 Å². The molecule has 0 rings (SSSR count). The summed E-state index contributed by atoms with van der Waals surface area (Å²) in [5, 5.41) is 0. The number of esters is 1. The lowest BCUT2D eigenvalue weighted by atomic mass is 10.0. The molecule has 2 nitrogen and oxygen atoms in total. The van der Waals surface area contributed by atoms with Crippen molar-refractivity contribution in [2.75, 3.05) is 12.4 Å². The first-order valence-corrected chi connectivity index (χ1v) is 10.6. The first-order chi connectivity index (χ1) is 11.7. The highest BCUT2D eigenvalue weighted by Crippen LogP contribution is 2.34. The zero-order valence-corrected chi connectivity index (χ0v) is 16.9. The van der Waals surface area contributed by atoms with Crippen molar-refractivity contribution in [1.82, 2.24) is 0 Å². The van der Waals surface area contributed by atoms with Gasteiger partial charge in [0, 0.05) is 6.42 Å². The molecular formula is C19H35F3O2S. The second kappa shape index (κ2) is 13.8. The van der Waals surface area contributed by atoms with Gasteiger partial charge in [0.25, 0.3) is 0 Å². The highest BCUT2D eigenvalue weighted by molar-refractivity contribution is 8.01. The van der Waals surface area contributed by atoms with E-state index in [9.17, 15) is 18.0 Å². The molecule has 150 valence electrons. The van der Waals surface area contributed by atoms with Crippen LogP contribution in [0.2, 0.25) is 0 Å². The third kappa shape index (κ3) is 13.5. The fraction of sp³-hybridized carbons (Fsp3) is 0.947. The summed E-state index contributed by atoms with van der Waals surface area (Å²) in [6.07, 6.45) is 5.20. The Bertz CT molecular complexity index is 348. The Hall–Kier alpha value is -0.390. The molecule has 0 amide bonds. The number of hydrogen-bond acceptors (Lipinski definition) is 3. The molecule has 0 aromatic rings. The summed E-state index contributed by atoms with van der Waals surface area (Å²) in [6.45, 7) is 6.06. The number of halogens is 3. The fourth-order valence-corrected chi connectivity index (χ4v) is 3.89. The average Bonchev–Trinajstić information content (AvgIpc) is 2.53. The summed E-state index contributed by atoms with van der Waals surface area (Å²) in [6, 6.07) is 0. The van der Waals surface area contributed by atoms with Gasteiger partial charge in [0.15, 0.2) is 0 Å². The van der Waals surface area contributed by atoms with Crippen LogP contribution in [-0.2, 0) is 9.53 Å². The summed E-state index contributed by atoms with van der Waals surface area (Å²) in [4.78, 5) is 12.2. The smallest absolute Gasteiger partial charge is 0.389 e. The average molecular weight is 385 g/mol. The van der Waals surface area contributed by atoms with Crippen molar-refractivity contribution in [3.05, 3.63) is 0 Å². The molecule has 0 aliphatic heterocycles. The standard InChI is InChI=1S/C19H35F3O2S/c1-4-6-7-8-9-10-11-12-14-18(3,17(23)24-5-2)25-16-13-15-19(20,21)22/h4-16H2,1-3H3. The normalized spacial score (nSPS) is 14.3. The van der Waals surface area contributed by atoms with Gasteiger partial charge in [0.2, 0.25) is 0 Å². The van der Waals surface area contributed by atoms with E-state index in [1.807, 2.05) is 6.92 Å². The van der Waals surface area contributed by atoms with E-state index in [0.717, 1.165) is 19.3 Å². The lowest BCUT2D eigenvalue weighted by molar-refractivity contribution is -0.145. The van der Waals surface area contributed by atoms with E-state index in [0.29, 0.717) is 18.8 Å². The lowest BCUT2D eigenvalue weighted by Crippen LogP contribution is -2.34. The van der Waals surface area contributed by atoms with Crippen molar-refractivity contribution in [2.45, 2.75) is 102 Å². The molecule has 1 unspecified atom stereocenters. The Morgan fingerprint density at radius 1 is 0.880 bits per heavy atom. The van der Waals surface area contributed by atoms with Gasteiger partial charge in [0.1, 0.15) is 4.75 Å². The Morgan fingerprint density at radius 3 is 1.96 bits per heavy atom. The molecule has 0 saturated heterocycles. The predicted molar refractivity (Wildman–Crippen MR) is 100 cm³/mol. The molecule has 0 heterocycles. The summed E-state index contributed by atoms with van der Waals surface area (Å²) in [7, 11) is 0. The highest BCUT2D eigenvalue weighted by Gasteiger charge is 2.35. The van der Waals surface area contributed by atoms with E-state index >= 15 is 0 Å². The minimum Gasteiger partial charge on any atom is -0.465 e. The predicted octanol–water partition coefficient (Wildman–Crippen LogP) is 6.91. The number of ether oxygens (including phenoxy) is 1. The van der Waals surface area contributed by atoms with Gasteiger partial charge in [-0.3, -0.25) is 4.79 Å². The molecule has 0 aliphatic rings. The maximum Gasteiger partial charge on any atom is 0.389 e. The van der Waals surface area contributed by atoms with Crippen LogP contribution in [0.25, 0.3) is 0 Å². The van der Waals surface area contributed by atoms with Crippen molar-refractivity contribution in [1.29, 1.82) is 0 Å². The van der Waals surface area contributed by atoms with E-state index in [-0.39, 0.29) is 12.4 Å². The summed E-state index contributed by atoms with van der Waals surface area (Å²) >= 11 is 1.31. The van der Waals surface area contributed by atoms with Gasteiger partial charge >= 0.3 is 12.1 Å². The summed E-state index contributed by atoms with van der Waals surface area (Å²) < 4.78 is 41.2. The van der Waals surface area contributed by atoms with Crippen molar-refractivity contribution in [2.24, 2.45) is 0 Å². The van der Waals surface area contributed by atoms with Gasteiger partial charge in [0.05, 0.1) is 6.61 Å². The lowest BCUT2D eigenvalue weighted by Gasteiger charge is -2.27. The molecule has 0 aromatic carbocycles. The van der Waals surface area contributed by atoms with E-state index in [1.165, 1.54) is 43.9 Å². The first-order valence-electron chi connectivity index (χ1n) is 9.63. The van der Waals surface area contributed by atoms with E-state index in [4.69, 9.17) is 4.74 Å². The van der Waals surface area contributed by atoms with E-state index < -0.39 is 17.3 Å². The molecule has 0 spiro atoms. The molecule has 0 N–H and O–H groups in total. The second-order valence-electron chi connectivity index (χ2n) is 6.74. The number of hydrogen-bond donors (Lipinski definition) is 0. The minimum absolute atomic E-state index is 0.0423. The third-order valence-corrected chi connectivity index (χ3v) is 5.74. The number of rotatable bonds is 15. The Kier molecular flexibility index (Phi) is 13.6. The van der Waals surface area contributed by atoms with Gasteiger partial charge in [-0.15, -0.1) is 11.8 Å². The van der Waals surface area contributed by atoms with Crippen LogP contribution in [0.4, 0.5) is 13.2 Å². The number of carbonyl (C=O) groups is 1. The molecule has 0 aromatic heterocycles. The van der Waals surface area contributed by atoms with Crippen LogP contribution in [0.5, 0.6) is 0 Å². The zero-order chi connectivity index (χ0) is 19.2. The number of thioether (sulfide) groups is 1. The number of alkyl halides is 3. The van der Waals surface area contributed by atoms with Crippen LogP contribution in [0.1, 0.15) is 91.4 Å². The molecular weight excluding hydrogens is 349 g/mol. The van der Waals surface area contributed by atoms with Crippen LogP contribution in [-0.4, -0.2) is 29.3 Å². The molecule has 25 heavy (non-hydrogen) atoms. The second-order valence-corrected chi connectivity index (χ2v) is 8.34. The Labute approximate surface area is 155 Å². The van der Waals surface area contributed by atoms with Gasteiger partial charge in [-0.05, 0) is 32.4 Å². The maximum atomic E-state index is 12.3. The number of unbranched alkanes of at least 4 members (excludes halogenated alkanes) is 7. The van der Waals surface area contributed by atoms with Crippen LogP contribution in [0, 0.1) is 0 Å². The van der Waals surface area contributed by atoms with E-state index in [1.54, 1.807) is 6.92 Å². The maximum absolute atomic E-state index is 12.3. The minimum atomic E-state index is -4.13. The molecule has 0 aliphatic carbocycles. The quantitative estimate of drug-likeness (QED) is 0.226. The molecule has 1 atom stereocenters. The highest BCUT2D eigenvalue weighted by atomic mass is 32.2. The van der Waals surface area contributed by atoms with Crippen molar-refractivity contribution < 1.29 is 22.7 Å². The first kappa shape index (κ1) is 24.6. The van der Waals surface area contributed by atoms with Crippen molar-refractivity contribution >= 4 is 17.7 Å². The third-order valence-electron chi connectivity index (χ3n) is 4.24. The SMILES string of the molecule is CCCCCCCCCCC(C)(SCCCC(F)(F)F)C(=O)OCC. The zero-order valence-electron chi connectivity index (χ0n) is 16.1. The van der Waals surface area contributed by atoms with Crippen LogP contribution < -0.4 is 0 Å². The fourth-order valence-electron chi connectivity index (χ4n) is 2.68. The molecule has 6 heteroatoms. The van der Waals surface area contributed by atoms with Gasteiger partial charge in [-0.1, -0.05) is 58.3 Å². The monoisotopic (exact) mass is 384 g/mol. The van der Waals surface area contributed by atoms with Crippen molar-refractivity contribution in [3.8, 4) is 0 Å². The Balaban J connectivity index is 4.17. The van der Waals surface area contributed by atoms with Crippen molar-refractivity contribution in [3.63, 3.8) is 0 Å². The molecule has 0 fully saturated rings. The summed E-state index contributed by atoms with van der Waals surface area (Å²) in [5.41, 5.74) is 0. The van der Waals surface area contributed by atoms with Gasteiger partial charge in [-0.25, -0.2) is 0 Å². The molecule has 0 bridgehead atoms. The Morgan fingerprint density at radius 2 is 1.44 bits per heavy atom.